The van der Waals surface area contributed by atoms with Crippen LogP contribution in [-0.4, -0.2) is 41.3 Å². The molecular weight excluding hydrogens is 220 g/mol. The molecule has 3 nitrogen and oxygen atoms in total. The second-order valence-electron chi connectivity index (χ2n) is 5.88. The second kappa shape index (κ2) is 5.71. The van der Waals surface area contributed by atoms with E-state index >= 15 is 0 Å². The molecular formula is C12H26N2OS. The molecule has 16 heavy (non-hydrogen) atoms. The Balaban J connectivity index is 2.62. The van der Waals surface area contributed by atoms with E-state index in [4.69, 9.17) is 10.8 Å². The Labute approximate surface area is 104 Å². The maximum absolute atomic E-state index is 8.95. The van der Waals surface area contributed by atoms with E-state index in [0.717, 1.165) is 18.6 Å². The number of nitrogens with one attached hydrogen (secondary N) is 1. The highest BCUT2D eigenvalue weighted by molar-refractivity contribution is 7.99. The fourth-order valence-electron chi connectivity index (χ4n) is 2.61. The van der Waals surface area contributed by atoms with Crippen molar-refractivity contribution in [3.05, 3.63) is 0 Å². The molecule has 0 aromatic rings. The van der Waals surface area contributed by atoms with Crippen LogP contribution in [0.2, 0.25) is 0 Å². The Morgan fingerprint density at radius 2 is 2.12 bits per heavy atom. The van der Waals surface area contributed by atoms with Gasteiger partial charge in [-0.05, 0) is 30.9 Å². The third-order valence-corrected chi connectivity index (χ3v) is 4.94. The Hall–Kier alpha value is 0.230. The van der Waals surface area contributed by atoms with Crippen molar-refractivity contribution in [2.24, 2.45) is 11.1 Å². The zero-order valence-electron chi connectivity index (χ0n) is 10.8. The van der Waals surface area contributed by atoms with Gasteiger partial charge in [0.15, 0.2) is 0 Å². The first-order valence-electron chi connectivity index (χ1n) is 6.09. The molecule has 2 unspecified atom stereocenters. The number of hydrogen-bond donors (Lipinski definition) is 3. The minimum absolute atomic E-state index is 0.0566. The van der Waals surface area contributed by atoms with Gasteiger partial charge in [-0.1, -0.05) is 13.8 Å². The van der Waals surface area contributed by atoms with Crippen molar-refractivity contribution in [2.45, 2.75) is 45.2 Å². The Morgan fingerprint density at radius 3 is 2.62 bits per heavy atom. The van der Waals surface area contributed by atoms with Gasteiger partial charge >= 0.3 is 0 Å². The van der Waals surface area contributed by atoms with Crippen LogP contribution in [0.3, 0.4) is 0 Å². The van der Waals surface area contributed by atoms with E-state index < -0.39 is 0 Å². The van der Waals surface area contributed by atoms with Crippen molar-refractivity contribution in [1.82, 2.24) is 5.32 Å². The maximum Gasteiger partial charge on any atom is 0.0445 e. The molecule has 0 aromatic heterocycles. The predicted octanol–water partition coefficient (Wildman–Crippen LogP) is 1.21. The molecule has 1 rings (SSSR count). The first-order valence-corrected chi connectivity index (χ1v) is 7.25. The lowest BCUT2D eigenvalue weighted by atomic mass is 9.79. The molecule has 0 amide bonds. The highest BCUT2D eigenvalue weighted by Crippen LogP contribution is 2.39. The van der Waals surface area contributed by atoms with E-state index in [0.29, 0.717) is 18.0 Å². The van der Waals surface area contributed by atoms with Crippen LogP contribution in [0.25, 0.3) is 0 Å². The van der Waals surface area contributed by atoms with Crippen molar-refractivity contribution in [3.8, 4) is 0 Å². The zero-order chi connectivity index (χ0) is 12.2. The van der Waals surface area contributed by atoms with Gasteiger partial charge in [-0.2, -0.15) is 11.8 Å². The van der Waals surface area contributed by atoms with Crippen molar-refractivity contribution in [1.29, 1.82) is 0 Å². The predicted molar refractivity (Wildman–Crippen MR) is 71.8 cm³/mol. The minimum Gasteiger partial charge on any atom is -0.396 e. The van der Waals surface area contributed by atoms with E-state index in [1.165, 1.54) is 5.75 Å². The van der Waals surface area contributed by atoms with Crippen molar-refractivity contribution in [2.75, 3.05) is 24.7 Å². The number of aliphatic hydroxyl groups is 1. The lowest BCUT2D eigenvalue weighted by Gasteiger charge is -2.46. The first kappa shape index (κ1) is 14.3. The minimum atomic E-state index is 0.0566. The van der Waals surface area contributed by atoms with Gasteiger partial charge in [0.05, 0.1) is 0 Å². The Kier molecular flexibility index (Phi) is 5.10. The number of hydrogen-bond acceptors (Lipinski definition) is 4. The van der Waals surface area contributed by atoms with Gasteiger partial charge in [-0.3, -0.25) is 0 Å². The summed E-state index contributed by atoms with van der Waals surface area (Å²) in [5.41, 5.74) is 6.38. The van der Waals surface area contributed by atoms with Gasteiger partial charge in [-0.15, -0.1) is 0 Å². The van der Waals surface area contributed by atoms with Crippen molar-refractivity contribution >= 4 is 11.8 Å². The monoisotopic (exact) mass is 246 g/mol. The molecule has 0 saturated carbocycles. The summed E-state index contributed by atoms with van der Waals surface area (Å²) in [6, 6.07) is 0.336. The van der Waals surface area contributed by atoms with Gasteiger partial charge in [0.2, 0.25) is 0 Å². The topological polar surface area (TPSA) is 58.3 Å². The molecule has 2 atom stereocenters. The van der Waals surface area contributed by atoms with Gasteiger partial charge in [0.25, 0.3) is 0 Å². The van der Waals surface area contributed by atoms with Crippen LogP contribution in [0.4, 0.5) is 0 Å². The summed E-state index contributed by atoms with van der Waals surface area (Å²) in [7, 11) is 0. The Morgan fingerprint density at radius 1 is 1.44 bits per heavy atom. The maximum atomic E-state index is 8.95. The third-order valence-electron chi connectivity index (χ3n) is 3.19. The van der Waals surface area contributed by atoms with Gasteiger partial charge in [-0.25, -0.2) is 0 Å². The largest absolute Gasteiger partial charge is 0.396 e. The van der Waals surface area contributed by atoms with Gasteiger partial charge in [0, 0.05) is 30.5 Å². The van der Waals surface area contributed by atoms with Gasteiger partial charge in [0.1, 0.15) is 0 Å². The Bertz CT molecular complexity index is 223. The lowest BCUT2D eigenvalue weighted by molar-refractivity contribution is 0.195. The molecule has 0 radical (unpaired) electrons. The summed E-state index contributed by atoms with van der Waals surface area (Å²) in [5.74, 6) is 2.30. The standard InChI is InChI=1S/C12H26N2OS/c1-10(4-5-15)14-12(7-13)6-11(2,3)8-16-9-12/h10,14-15H,4-9,13H2,1-3H3. The lowest BCUT2D eigenvalue weighted by Crippen LogP contribution is -2.60. The molecule has 0 aliphatic carbocycles. The molecule has 0 aromatic carbocycles. The molecule has 4 heteroatoms. The number of thioether (sulfide) groups is 1. The van der Waals surface area contributed by atoms with E-state index in [9.17, 15) is 0 Å². The van der Waals surface area contributed by atoms with Crippen LogP contribution in [0.1, 0.15) is 33.6 Å². The third kappa shape index (κ3) is 3.91. The summed E-state index contributed by atoms with van der Waals surface area (Å²) in [6.07, 6.45) is 1.92. The van der Waals surface area contributed by atoms with E-state index in [2.05, 4.69) is 26.1 Å². The summed E-state index contributed by atoms with van der Waals surface area (Å²) in [5, 5.41) is 12.6. The molecule has 0 bridgehead atoms. The van der Waals surface area contributed by atoms with Crippen LogP contribution >= 0.6 is 11.8 Å². The van der Waals surface area contributed by atoms with Crippen LogP contribution in [-0.2, 0) is 0 Å². The first-order chi connectivity index (χ1) is 7.43. The highest BCUT2D eigenvalue weighted by Gasteiger charge is 2.39. The summed E-state index contributed by atoms with van der Waals surface area (Å²) < 4.78 is 0. The number of nitrogens with two attached hydrogens (primary N) is 1. The second-order valence-corrected chi connectivity index (χ2v) is 6.86. The molecule has 1 aliphatic rings. The fraction of sp³-hybridized carbons (Fsp3) is 1.00. The average molecular weight is 246 g/mol. The molecule has 4 N–H and O–H groups in total. The van der Waals surface area contributed by atoms with E-state index in [-0.39, 0.29) is 12.1 Å². The summed E-state index contributed by atoms with van der Waals surface area (Å²) in [6.45, 7) is 7.66. The van der Waals surface area contributed by atoms with Crippen LogP contribution in [0.5, 0.6) is 0 Å². The van der Waals surface area contributed by atoms with Crippen LogP contribution < -0.4 is 11.1 Å². The molecule has 1 saturated heterocycles. The normalized spacial score (nSPS) is 31.3. The average Bonchev–Trinajstić information content (AvgIpc) is 2.16. The zero-order valence-corrected chi connectivity index (χ0v) is 11.6. The molecule has 0 spiro atoms. The van der Waals surface area contributed by atoms with Gasteiger partial charge < -0.3 is 16.2 Å². The highest BCUT2D eigenvalue weighted by atomic mass is 32.2. The molecule has 1 heterocycles. The number of aliphatic hydroxyl groups excluding tert-OH is 1. The summed E-state index contributed by atoms with van der Waals surface area (Å²) >= 11 is 1.99. The SMILES string of the molecule is CC(CCO)NC1(CN)CSCC(C)(C)C1. The van der Waals surface area contributed by atoms with Crippen molar-refractivity contribution in [3.63, 3.8) is 0 Å². The molecule has 96 valence electrons. The quantitative estimate of drug-likeness (QED) is 0.682. The smallest absolute Gasteiger partial charge is 0.0445 e. The van der Waals surface area contributed by atoms with Crippen LogP contribution in [0.15, 0.2) is 0 Å². The van der Waals surface area contributed by atoms with Crippen molar-refractivity contribution < 1.29 is 5.11 Å². The van der Waals surface area contributed by atoms with E-state index in [1.54, 1.807) is 0 Å². The fourth-order valence-corrected chi connectivity index (χ4v) is 4.06. The van der Waals surface area contributed by atoms with E-state index in [1.807, 2.05) is 11.8 Å². The van der Waals surface area contributed by atoms with Crippen LogP contribution in [0, 0.1) is 5.41 Å². The summed E-state index contributed by atoms with van der Waals surface area (Å²) in [4.78, 5) is 0. The number of rotatable bonds is 5. The molecule has 1 aliphatic heterocycles. The molecule has 1 fully saturated rings.